The highest BCUT2D eigenvalue weighted by Crippen LogP contribution is 2.36. The normalized spacial score (nSPS) is 30.5. The van der Waals surface area contributed by atoms with Gasteiger partial charge in [0.05, 0.1) is 11.4 Å². The van der Waals surface area contributed by atoms with Gasteiger partial charge in [0.15, 0.2) is 0 Å². The zero-order valence-electron chi connectivity index (χ0n) is 22.6. The minimum atomic E-state index is -1.52. The number of unbranched alkanes of at least 4 members (excludes halogenated alkanes) is 2. The first-order chi connectivity index (χ1) is 18.6. The molecule has 1 heterocycles. The number of rotatable bonds is 13. The van der Waals surface area contributed by atoms with Crippen LogP contribution in [0.15, 0.2) is 24.3 Å². The first-order valence-electron chi connectivity index (χ1n) is 13.8. The molecule has 5 N–H and O–H groups in total. The predicted octanol–water partition coefficient (Wildman–Crippen LogP) is 3.20. The van der Waals surface area contributed by atoms with E-state index in [1.807, 2.05) is 0 Å². The van der Waals surface area contributed by atoms with Crippen molar-refractivity contribution < 1.29 is 39.5 Å². The number of aliphatic hydroxyl groups is 3. The lowest BCUT2D eigenvalue weighted by molar-refractivity contribution is -0.205. The van der Waals surface area contributed by atoms with E-state index in [0.717, 1.165) is 37.4 Å². The van der Waals surface area contributed by atoms with Crippen molar-refractivity contribution in [2.45, 2.75) is 100 Å². The Kier molecular flexibility index (Phi) is 12.7. The maximum atomic E-state index is 13.1. The van der Waals surface area contributed by atoms with Crippen LogP contribution in [0, 0.1) is 11.8 Å². The smallest absolute Gasteiger partial charge is 0.341 e. The van der Waals surface area contributed by atoms with Crippen molar-refractivity contribution >= 4 is 35.2 Å². The second-order valence-electron chi connectivity index (χ2n) is 10.5. The number of hydrogen-bond donors (Lipinski definition) is 5. The van der Waals surface area contributed by atoms with Crippen molar-refractivity contribution in [3.63, 3.8) is 0 Å². The largest absolute Gasteiger partial charge is 0.507 e. The number of aromatic hydroxyl groups is 1. The molecule has 1 amide bonds. The Labute approximate surface area is 239 Å². The van der Waals surface area contributed by atoms with E-state index in [-0.39, 0.29) is 35.5 Å². The van der Waals surface area contributed by atoms with E-state index in [9.17, 15) is 30.0 Å². The average molecular weight is 588 g/mol. The van der Waals surface area contributed by atoms with Gasteiger partial charge in [-0.1, -0.05) is 44.7 Å². The standard InChI is InChI=1S/C28H42ClNO8S/c1-3-4-5-8-17-11-12-18(15-17)26(35)30-21(16(2)29)25-23(33)22(32)24(34)28(38-25)39-14-13-37-27(36)19-9-6-7-10-20(19)31/h6-7,9-10,16-18,21-25,28,31-34H,3-5,8,11-15H2,1-2H3,(H,30,35)/t16-,17-,18-,21+,22-,23+,24+,25+,28+/m0/s1. The summed E-state index contributed by atoms with van der Waals surface area (Å²) in [5.74, 6) is -0.393. The Morgan fingerprint density at radius 2 is 1.90 bits per heavy atom. The lowest BCUT2D eigenvalue weighted by atomic mass is 9.92. The highest BCUT2D eigenvalue weighted by atomic mass is 35.5. The van der Waals surface area contributed by atoms with Crippen LogP contribution in [0.2, 0.25) is 0 Å². The molecule has 220 valence electrons. The number of carbonyl (C=O) groups excluding carboxylic acids is 2. The summed E-state index contributed by atoms with van der Waals surface area (Å²) in [6.07, 6.45) is 1.87. The summed E-state index contributed by atoms with van der Waals surface area (Å²) in [5.41, 5.74) is -0.916. The Morgan fingerprint density at radius 1 is 1.15 bits per heavy atom. The van der Waals surface area contributed by atoms with E-state index in [1.54, 1.807) is 19.1 Å². The van der Waals surface area contributed by atoms with E-state index >= 15 is 0 Å². The van der Waals surface area contributed by atoms with Gasteiger partial charge in [-0.15, -0.1) is 23.4 Å². The molecule has 2 aliphatic rings. The molecule has 0 spiro atoms. The second kappa shape index (κ2) is 15.4. The van der Waals surface area contributed by atoms with Crippen molar-refractivity contribution in [1.82, 2.24) is 5.32 Å². The monoisotopic (exact) mass is 587 g/mol. The molecule has 1 aliphatic carbocycles. The number of thioether (sulfide) groups is 1. The fourth-order valence-electron chi connectivity index (χ4n) is 5.33. The molecular weight excluding hydrogens is 546 g/mol. The molecular formula is C28H42ClNO8S. The van der Waals surface area contributed by atoms with E-state index < -0.39 is 47.2 Å². The number of ether oxygens (including phenoxy) is 2. The number of alkyl halides is 1. The van der Waals surface area contributed by atoms with E-state index in [2.05, 4.69) is 12.2 Å². The van der Waals surface area contributed by atoms with Crippen LogP contribution in [0.3, 0.4) is 0 Å². The Hall–Kier alpha value is -1.56. The van der Waals surface area contributed by atoms with Crippen molar-refractivity contribution in [3.05, 3.63) is 29.8 Å². The fourth-order valence-corrected chi connectivity index (χ4v) is 6.51. The first-order valence-corrected chi connectivity index (χ1v) is 15.3. The van der Waals surface area contributed by atoms with Crippen molar-refractivity contribution in [2.24, 2.45) is 11.8 Å². The van der Waals surface area contributed by atoms with Crippen LogP contribution in [0.4, 0.5) is 0 Å². The number of aliphatic hydroxyl groups excluding tert-OH is 3. The van der Waals surface area contributed by atoms with Gasteiger partial charge in [-0.3, -0.25) is 4.79 Å². The molecule has 2 fully saturated rings. The lowest BCUT2D eigenvalue weighted by Crippen LogP contribution is -2.64. The molecule has 1 aromatic carbocycles. The molecule has 0 aromatic heterocycles. The van der Waals surface area contributed by atoms with Gasteiger partial charge in [-0.2, -0.15) is 0 Å². The molecule has 0 bridgehead atoms. The van der Waals surface area contributed by atoms with Crippen LogP contribution < -0.4 is 5.32 Å². The molecule has 3 rings (SSSR count). The van der Waals surface area contributed by atoms with Crippen LogP contribution in [0.1, 0.15) is 69.2 Å². The summed E-state index contributed by atoms with van der Waals surface area (Å²) in [6, 6.07) is 5.24. The topological polar surface area (TPSA) is 146 Å². The van der Waals surface area contributed by atoms with E-state index in [0.29, 0.717) is 5.92 Å². The maximum absolute atomic E-state index is 13.1. The average Bonchev–Trinajstić information content (AvgIpc) is 3.39. The zero-order chi connectivity index (χ0) is 28.5. The van der Waals surface area contributed by atoms with Crippen molar-refractivity contribution in [2.75, 3.05) is 12.4 Å². The van der Waals surface area contributed by atoms with Crippen molar-refractivity contribution in [1.29, 1.82) is 0 Å². The minimum Gasteiger partial charge on any atom is -0.507 e. The lowest BCUT2D eigenvalue weighted by Gasteiger charge is -2.44. The summed E-state index contributed by atoms with van der Waals surface area (Å²) in [4.78, 5) is 25.3. The van der Waals surface area contributed by atoms with Gasteiger partial charge in [-0.05, 0) is 44.2 Å². The Bertz CT molecular complexity index is 937. The molecule has 1 aliphatic heterocycles. The van der Waals surface area contributed by atoms with Crippen LogP contribution in [-0.4, -0.2) is 85.9 Å². The summed E-state index contributed by atoms with van der Waals surface area (Å²) in [7, 11) is 0. The molecule has 9 atom stereocenters. The van der Waals surface area contributed by atoms with Gasteiger partial charge in [0.1, 0.15) is 47.8 Å². The Balaban J connectivity index is 1.55. The quantitative estimate of drug-likeness (QED) is 0.133. The number of halogens is 1. The summed E-state index contributed by atoms with van der Waals surface area (Å²) < 4.78 is 11.2. The fraction of sp³-hybridized carbons (Fsp3) is 0.714. The Morgan fingerprint density at radius 3 is 2.59 bits per heavy atom. The number of nitrogens with one attached hydrogen (secondary N) is 1. The molecule has 0 radical (unpaired) electrons. The number of phenolic OH excluding ortho intramolecular Hbond substituents is 1. The van der Waals surface area contributed by atoms with Gasteiger partial charge in [0, 0.05) is 11.7 Å². The summed E-state index contributed by atoms with van der Waals surface area (Å²) in [5, 5.41) is 43.9. The molecule has 0 unspecified atom stereocenters. The molecule has 39 heavy (non-hydrogen) atoms. The third-order valence-electron chi connectivity index (χ3n) is 7.61. The number of para-hydroxylation sites is 1. The highest BCUT2D eigenvalue weighted by molar-refractivity contribution is 7.99. The van der Waals surface area contributed by atoms with Gasteiger partial charge < -0.3 is 35.2 Å². The summed E-state index contributed by atoms with van der Waals surface area (Å²) >= 11 is 7.54. The molecule has 1 saturated heterocycles. The van der Waals surface area contributed by atoms with Gasteiger partial charge in [0.25, 0.3) is 0 Å². The number of amides is 1. The predicted molar refractivity (Wildman–Crippen MR) is 150 cm³/mol. The van der Waals surface area contributed by atoms with Gasteiger partial charge >= 0.3 is 5.97 Å². The molecule has 9 nitrogen and oxygen atoms in total. The highest BCUT2D eigenvalue weighted by Gasteiger charge is 2.48. The number of phenols is 1. The summed E-state index contributed by atoms with van der Waals surface area (Å²) in [6.45, 7) is 3.82. The van der Waals surface area contributed by atoms with Crippen LogP contribution in [0.25, 0.3) is 0 Å². The van der Waals surface area contributed by atoms with Gasteiger partial charge in [-0.25, -0.2) is 4.79 Å². The zero-order valence-corrected chi connectivity index (χ0v) is 24.2. The van der Waals surface area contributed by atoms with E-state index in [1.165, 1.54) is 31.4 Å². The number of hydrogen-bond acceptors (Lipinski definition) is 9. The number of carbonyl (C=O) groups is 2. The van der Waals surface area contributed by atoms with Crippen LogP contribution in [0.5, 0.6) is 5.75 Å². The number of esters is 1. The number of benzene rings is 1. The third kappa shape index (κ3) is 8.71. The third-order valence-corrected chi connectivity index (χ3v) is 9.01. The maximum Gasteiger partial charge on any atom is 0.341 e. The van der Waals surface area contributed by atoms with E-state index in [4.69, 9.17) is 21.1 Å². The second-order valence-corrected chi connectivity index (χ2v) is 12.4. The molecule has 11 heteroatoms. The molecule has 1 aromatic rings. The van der Waals surface area contributed by atoms with Crippen LogP contribution in [-0.2, 0) is 14.3 Å². The minimum absolute atomic E-state index is 0.0408. The van der Waals surface area contributed by atoms with Gasteiger partial charge in [0.2, 0.25) is 5.91 Å². The van der Waals surface area contributed by atoms with Crippen molar-refractivity contribution in [3.8, 4) is 5.75 Å². The van der Waals surface area contributed by atoms with Crippen LogP contribution >= 0.6 is 23.4 Å². The SMILES string of the molecule is CCCCC[C@H]1CC[C@H](C(=O)N[C@@H]([C@H]2O[C@H](SCCOC(=O)c3ccccc3O)[C@H](O)[C@@H](O)[C@H]2O)[C@H](C)Cl)C1. The molecule has 1 saturated carbocycles. The first kappa shape index (κ1) is 32.0.